The van der Waals surface area contributed by atoms with Gasteiger partial charge in [0.25, 0.3) is 5.91 Å². The summed E-state index contributed by atoms with van der Waals surface area (Å²) < 4.78 is 0. The summed E-state index contributed by atoms with van der Waals surface area (Å²) in [6.07, 6.45) is 6.39. The van der Waals surface area contributed by atoms with E-state index in [4.69, 9.17) is 23.2 Å². The molecule has 5 rings (SSSR count). The van der Waals surface area contributed by atoms with E-state index >= 15 is 0 Å². The van der Waals surface area contributed by atoms with Crippen molar-refractivity contribution in [2.24, 2.45) is 0 Å². The van der Waals surface area contributed by atoms with Crippen molar-refractivity contribution in [3.05, 3.63) is 87.4 Å². The van der Waals surface area contributed by atoms with Gasteiger partial charge in [0.2, 0.25) is 0 Å². The van der Waals surface area contributed by atoms with Gasteiger partial charge in [-0.3, -0.25) is 4.79 Å². The number of carbonyl (C=O) groups is 2. The molecule has 1 aliphatic carbocycles. The maximum absolute atomic E-state index is 13.5. The molecule has 1 aliphatic heterocycles. The Labute approximate surface area is 227 Å². The number of benzene rings is 3. The summed E-state index contributed by atoms with van der Waals surface area (Å²) >= 11 is 12.4. The maximum atomic E-state index is 13.5. The van der Waals surface area contributed by atoms with Gasteiger partial charge in [-0.2, -0.15) is 0 Å². The number of nitrogens with zero attached hydrogens (tertiary/aromatic N) is 1. The summed E-state index contributed by atoms with van der Waals surface area (Å²) in [4.78, 5) is 28.5. The average Bonchev–Trinajstić information content (AvgIpc) is 2.91. The smallest absolute Gasteiger partial charge is 0.323 e. The highest BCUT2D eigenvalue weighted by atomic mass is 35.5. The standard InChI is InChI=1S/C29H30Cl2N4O2/c30-24-11-6-12-25(31)27(24)34-29(37)33-22-13-14-26(35-16-15-19-7-4-5-8-20(19)18-35)23(17-22)28(36)32-21-9-2-1-3-10-21/h4-8,11-14,17,21H,1-3,9-10,15-16,18H2,(H,32,36)(H2,33,34,37). The minimum absolute atomic E-state index is 0.112. The molecule has 192 valence electrons. The molecule has 1 fully saturated rings. The van der Waals surface area contributed by atoms with Crippen molar-refractivity contribution in [2.75, 3.05) is 22.1 Å². The van der Waals surface area contributed by atoms with Crippen LogP contribution in [0.2, 0.25) is 10.0 Å². The summed E-state index contributed by atoms with van der Waals surface area (Å²) in [7, 11) is 0. The zero-order valence-corrected chi connectivity index (χ0v) is 22.0. The van der Waals surface area contributed by atoms with Crippen molar-refractivity contribution < 1.29 is 9.59 Å². The van der Waals surface area contributed by atoms with Gasteiger partial charge in [-0.1, -0.05) is 72.8 Å². The van der Waals surface area contributed by atoms with Gasteiger partial charge in [-0.15, -0.1) is 0 Å². The average molecular weight is 537 g/mol. The summed E-state index contributed by atoms with van der Waals surface area (Å²) in [5, 5.41) is 9.46. The SMILES string of the molecule is O=C(Nc1ccc(N2CCc3ccccc3C2)c(C(=O)NC2CCCCC2)c1)Nc1c(Cl)cccc1Cl. The molecule has 37 heavy (non-hydrogen) atoms. The van der Waals surface area contributed by atoms with E-state index in [1.54, 1.807) is 24.3 Å². The van der Waals surface area contributed by atoms with Crippen LogP contribution in [0.3, 0.4) is 0 Å². The van der Waals surface area contributed by atoms with Gasteiger partial charge in [0.15, 0.2) is 0 Å². The summed E-state index contributed by atoms with van der Waals surface area (Å²) in [5.41, 5.74) is 4.88. The van der Waals surface area contributed by atoms with Crippen LogP contribution in [0.4, 0.5) is 21.9 Å². The molecule has 3 amide bonds. The molecule has 3 aromatic carbocycles. The number of anilines is 3. The van der Waals surface area contributed by atoms with Gasteiger partial charge < -0.3 is 20.9 Å². The Bertz CT molecular complexity index is 1290. The Balaban J connectivity index is 1.39. The van der Waals surface area contributed by atoms with Crippen molar-refractivity contribution in [2.45, 2.75) is 51.1 Å². The van der Waals surface area contributed by atoms with Crippen LogP contribution in [0.25, 0.3) is 0 Å². The molecule has 0 spiro atoms. The minimum Gasteiger partial charge on any atom is -0.366 e. The fourth-order valence-corrected chi connectivity index (χ4v) is 5.67. The quantitative estimate of drug-likeness (QED) is 0.321. The van der Waals surface area contributed by atoms with Gasteiger partial charge in [-0.05, 0) is 60.7 Å². The Morgan fingerprint density at radius 3 is 2.32 bits per heavy atom. The first-order chi connectivity index (χ1) is 18.0. The predicted molar refractivity (Wildman–Crippen MR) is 151 cm³/mol. The van der Waals surface area contributed by atoms with Crippen molar-refractivity contribution >= 4 is 52.2 Å². The summed E-state index contributed by atoms with van der Waals surface area (Å²) in [5.74, 6) is -0.112. The Morgan fingerprint density at radius 1 is 0.838 bits per heavy atom. The number of rotatable bonds is 5. The number of hydrogen-bond donors (Lipinski definition) is 3. The number of amides is 3. The highest BCUT2D eigenvalue weighted by Gasteiger charge is 2.24. The van der Waals surface area contributed by atoms with Crippen LogP contribution < -0.4 is 20.9 Å². The van der Waals surface area contributed by atoms with Crippen molar-refractivity contribution in [1.29, 1.82) is 0 Å². The monoisotopic (exact) mass is 536 g/mol. The first-order valence-electron chi connectivity index (χ1n) is 12.8. The zero-order chi connectivity index (χ0) is 25.8. The molecule has 0 bridgehead atoms. The van der Waals surface area contributed by atoms with Crippen LogP contribution in [0, 0.1) is 0 Å². The maximum Gasteiger partial charge on any atom is 0.323 e. The van der Waals surface area contributed by atoms with Crippen molar-refractivity contribution in [1.82, 2.24) is 5.32 Å². The molecule has 3 N–H and O–H groups in total. The van der Waals surface area contributed by atoms with E-state index in [9.17, 15) is 9.59 Å². The third-order valence-corrected chi connectivity index (χ3v) is 7.74. The number of halogens is 2. The molecule has 0 aromatic heterocycles. The molecule has 8 heteroatoms. The molecule has 3 aromatic rings. The lowest BCUT2D eigenvalue weighted by molar-refractivity contribution is 0.0928. The van der Waals surface area contributed by atoms with E-state index in [2.05, 4.69) is 45.1 Å². The lowest BCUT2D eigenvalue weighted by Gasteiger charge is -2.32. The highest BCUT2D eigenvalue weighted by Crippen LogP contribution is 2.32. The van der Waals surface area contributed by atoms with Crippen LogP contribution >= 0.6 is 23.2 Å². The highest BCUT2D eigenvalue weighted by molar-refractivity contribution is 6.39. The summed E-state index contributed by atoms with van der Waals surface area (Å²) in [6.45, 7) is 1.55. The van der Waals surface area contributed by atoms with Gasteiger partial charge in [0.05, 0.1) is 21.3 Å². The van der Waals surface area contributed by atoms with Crippen molar-refractivity contribution in [3.8, 4) is 0 Å². The molecule has 0 atom stereocenters. The largest absolute Gasteiger partial charge is 0.366 e. The number of fused-ring (bicyclic) bond motifs is 1. The second-order valence-electron chi connectivity index (χ2n) is 9.66. The lowest BCUT2D eigenvalue weighted by Crippen LogP contribution is -2.38. The normalized spacial score (nSPS) is 15.6. The van der Waals surface area contributed by atoms with E-state index in [1.807, 2.05) is 12.1 Å². The molecule has 2 aliphatic rings. The Kier molecular flexibility index (Phi) is 7.87. The Morgan fingerprint density at radius 2 is 1.57 bits per heavy atom. The van der Waals surface area contributed by atoms with Crippen LogP contribution in [0.5, 0.6) is 0 Å². The first kappa shape index (κ1) is 25.4. The number of hydrogen-bond acceptors (Lipinski definition) is 3. The van der Waals surface area contributed by atoms with Gasteiger partial charge in [0.1, 0.15) is 0 Å². The molecular formula is C29H30Cl2N4O2. The molecule has 1 heterocycles. The van der Waals surface area contributed by atoms with E-state index in [1.165, 1.54) is 17.5 Å². The second-order valence-corrected chi connectivity index (χ2v) is 10.5. The van der Waals surface area contributed by atoms with E-state index in [0.717, 1.165) is 50.9 Å². The van der Waals surface area contributed by atoms with E-state index in [-0.39, 0.29) is 11.9 Å². The number of urea groups is 1. The van der Waals surface area contributed by atoms with Gasteiger partial charge in [-0.25, -0.2) is 4.79 Å². The van der Waals surface area contributed by atoms with Crippen LogP contribution in [0.1, 0.15) is 53.6 Å². The first-order valence-corrected chi connectivity index (χ1v) is 13.5. The number of nitrogens with one attached hydrogen (secondary N) is 3. The summed E-state index contributed by atoms with van der Waals surface area (Å²) in [6, 6.07) is 18.6. The van der Waals surface area contributed by atoms with Crippen LogP contribution in [-0.2, 0) is 13.0 Å². The fourth-order valence-electron chi connectivity index (χ4n) is 5.18. The van der Waals surface area contributed by atoms with Gasteiger partial charge in [0, 0.05) is 30.5 Å². The molecule has 1 saturated carbocycles. The number of para-hydroxylation sites is 1. The van der Waals surface area contributed by atoms with E-state index in [0.29, 0.717) is 27.0 Å². The molecule has 0 unspecified atom stereocenters. The van der Waals surface area contributed by atoms with Crippen LogP contribution in [0.15, 0.2) is 60.7 Å². The van der Waals surface area contributed by atoms with Crippen LogP contribution in [-0.4, -0.2) is 24.5 Å². The minimum atomic E-state index is -0.492. The zero-order valence-electron chi connectivity index (χ0n) is 20.5. The third kappa shape index (κ3) is 6.03. The number of carbonyl (C=O) groups excluding carboxylic acids is 2. The topological polar surface area (TPSA) is 73.5 Å². The Hall–Kier alpha value is -3.22. The second kappa shape index (κ2) is 11.4. The lowest BCUT2D eigenvalue weighted by atomic mass is 9.95. The third-order valence-electron chi connectivity index (χ3n) is 7.11. The van der Waals surface area contributed by atoms with Gasteiger partial charge >= 0.3 is 6.03 Å². The predicted octanol–water partition coefficient (Wildman–Crippen LogP) is 7.26. The molecule has 0 saturated heterocycles. The molecular weight excluding hydrogens is 507 g/mol. The van der Waals surface area contributed by atoms with Crippen molar-refractivity contribution in [3.63, 3.8) is 0 Å². The molecule has 0 radical (unpaired) electrons. The molecule has 6 nitrogen and oxygen atoms in total. The fraction of sp³-hybridized carbons (Fsp3) is 0.310. The van der Waals surface area contributed by atoms with E-state index < -0.39 is 6.03 Å².